The second-order valence-electron chi connectivity index (χ2n) is 7.88. The summed E-state index contributed by atoms with van der Waals surface area (Å²) in [6.45, 7) is 5.98. The maximum atomic E-state index is 12.4. The molecule has 0 aliphatic rings. The van der Waals surface area contributed by atoms with Gasteiger partial charge >= 0.3 is 6.03 Å². The van der Waals surface area contributed by atoms with Crippen molar-refractivity contribution in [3.8, 4) is 17.2 Å². The third-order valence-corrected chi connectivity index (χ3v) is 5.43. The fourth-order valence-corrected chi connectivity index (χ4v) is 3.43. The van der Waals surface area contributed by atoms with Crippen LogP contribution in [-0.4, -0.2) is 25.1 Å². The van der Waals surface area contributed by atoms with Gasteiger partial charge in [-0.1, -0.05) is 32.0 Å². The smallest absolute Gasteiger partial charge is 0.319 e. The molecule has 0 aliphatic heterocycles. The molecule has 3 aromatic carbocycles. The van der Waals surface area contributed by atoms with Crippen molar-refractivity contribution in [3.63, 3.8) is 0 Å². The average molecular weight is 462 g/mol. The summed E-state index contributed by atoms with van der Waals surface area (Å²) in [5.74, 6) is 1.45. The van der Waals surface area contributed by atoms with E-state index < -0.39 is 0 Å². The lowest BCUT2D eigenvalue weighted by Gasteiger charge is -2.17. The lowest BCUT2D eigenvalue weighted by Crippen LogP contribution is -2.37. The number of rotatable bonds is 9. The summed E-state index contributed by atoms with van der Waals surface area (Å²) in [7, 11) is 1.55. The van der Waals surface area contributed by atoms with Gasteiger partial charge in [0.05, 0.1) is 7.11 Å². The van der Waals surface area contributed by atoms with Gasteiger partial charge in [0.15, 0.2) is 11.5 Å². The maximum absolute atomic E-state index is 12.4. The third-order valence-electron chi connectivity index (χ3n) is 5.43. The Labute approximate surface area is 200 Å². The molecule has 0 radical (unpaired) electrons. The van der Waals surface area contributed by atoms with Crippen molar-refractivity contribution in [1.29, 1.82) is 0 Å². The number of urea groups is 1. The Balaban J connectivity index is 1.68. The van der Waals surface area contributed by atoms with Crippen molar-refractivity contribution >= 4 is 23.3 Å². The highest BCUT2D eigenvalue weighted by atomic mass is 16.5. The molecule has 3 N–H and O–H groups in total. The summed E-state index contributed by atoms with van der Waals surface area (Å²) in [6.07, 6.45) is 1.74. The lowest BCUT2D eigenvalue weighted by molar-refractivity contribution is 0.102. The van der Waals surface area contributed by atoms with Crippen LogP contribution in [0, 0.1) is 6.92 Å². The standard InChI is InChI=1S/C27H31N3O4/c1-5-20(6-2)29-27(32)30-22-13-15-24(25(17-22)33-4)34-23-14-12-21(16-18(23)3)28-26(31)19-10-8-7-9-11-19/h7-17,20H,5-6H2,1-4H3,(H,28,31)(H2,29,30,32). The molecule has 7 nitrogen and oxygen atoms in total. The first-order valence-corrected chi connectivity index (χ1v) is 11.3. The van der Waals surface area contributed by atoms with E-state index in [1.165, 1.54) is 0 Å². The minimum absolute atomic E-state index is 0.132. The van der Waals surface area contributed by atoms with Crippen LogP contribution in [0.3, 0.4) is 0 Å². The van der Waals surface area contributed by atoms with E-state index in [-0.39, 0.29) is 18.0 Å². The third kappa shape index (κ3) is 6.51. The monoisotopic (exact) mass is 461 g/mol. The number of hydrogen-bond donors (Lipinski definition) is 3. The number of aryl methyl sites for hydroxylation is 1. The van der Waals surface area contributed by atoms with Crippen molar-refractivity contribution in [1.82, 2.24) is 5.32 Å². The van der Waals surface area contributed by atoms with Gasteiger partial charge in [0.25, 0.3) is 5.91 Å². The van der Waals surface area contributed by atoms with E-state index in [9.17, 15) is 9.59 Å². The molecule has 34 heavy (non-hydrogen) atoms. The van der Waals surface area contributed by atoms with Crippen LogP contribution in [0.15, 0.2) is 66.7 Å². The Morgan fingerprint density at radius 3 is 2.09 bits per heavy atom. The van der Waals surface area contributed by atoms with Gasteiger partial charge in [0, 0.05) is 29.0 Å². The zero-order valence-corrected chi connectivity index (χ0v) is 20.0. The molecule has 0 fully saturated rings. The van der Waals surface area contributed by atoms with Crippen molar-refractivity contribution in [2.75, 3.05) is 17.7 Å². The normalized spacial score (nSPS) is 10.5. The predicted octanol–water partition coefficient (Wildman–Crippen LogP) is 6.36. The van der Waals surface area contributed by atoms with Gasteiger partial charge < -0.3 is 25.4 Å². The minimum atomic E-state index is -0.256. The molecular formula is C27H31N3O4. The average Bonchev–Trinajstić information content (AvgIpc) is 2.85. The summed E-state index contributed by atoms with van der Waals surface area (Å²) >= 11 is 0. The van der Waals surface area contributed by atoms with E-state index >= 15 is 0 Å². The number of methoxy groups -OCH3 is 1. The van der Waals surface area contributed by atoms with Crippen molar-refractivity contribution < 1.29 is 19.1 Å². The van der Waals surface area contributed by atoms with Crippen LogP contribution in [-0.2, 0) is 0 Å². The van der Waals surface area contributed by atoms with Crippen LogP contribution in [0.1, 0.15) is 42.6 Å². The molecular weight excluding hydrogens is 430 g/mol. The van der Waals surface area contributed by atoms with E-state index in [2.05, 4.69) is 16.0 Å². The van der Waals surface area contributed by atoms with Crippen LogP contribution < -0.4 is 25.4 Å². The molecule has 0 saturated carbocycles. The van der Waals surface area contributed by atoms with Crippen LogP contribution >= 0.6 is 0 Å². The first-order valence-electron chi connectivity index (χ1n) is 11.3. The van der Waals surface area contributed by atoms with E-state index in [0.717, 1.165) is 18.4 Å². The Bertz CT molecular complexity index is 1130. The molecule has 0 saturated heterocycles. The highest BCUT2D eigenvalue weighted by Crippen LogP contribution is 2.35. The molecule has 0 unspecified atom stereocenters. The Morgan fingerprint density at radius 2 is 1.47 bits per heavy atom. The molecule has 3 amide bonds. The number of hydrogen-bond acceptors (Lipinski definition) is 4. The number of nitrogens with one attached hydrogen (secondary N) is 3. The summed E-state index contributed by atoms with van der Waals surface area (Å²) in [5.41, 5.74) is 2.71. The lowest BCUT2D eigenvalue weighted by atomic mass is 10.1. The molecule has 3 rings (SSSR count). The summed E-state index contributed by atoms with van der Waals surface area (Å²) < 4.78 is 11.5. The second kappa shape index (κ2) is 11.7. The number of benzene rings is 3. The van der Waals surface area contributed by atoms with E-state index in [1.807, 2.05) is 45.0 Å². The Morgan fingerprint density at radius 1 is 0.824 bits per heavy atom. The molecule has 0 atom stereocenters. The molecule has 3 aromatic rings. The van der Waals surface area contributed by atoms with Crippen molar-refractivity contribution in [2.24, 2.45) is 0 Å². The Hall–Kier alpha value is -4.00. The molecule has 0 heterocycles. The Kier molecular flexibility index (Phi) is 8.51. The zero-order chi connectivity index (χ0) is 24.5. The van der Waals surface area contributed by atoms with Gasteiger partial charge in [0.1, 0.15) is 5.75 Å². The number of anilines is 2. The molecule has 0 aliphatic carbocycles. The van der Waals surface area contributed by atoms with Crippen LogP contribution in [0.5, 0.6) is 17.2 Å². The fraction of sp³-hybridized carbons (Fsp3) is 0.259. The largest absolute Gasteiger partial charge is 0.493 e. The summed E-state index contributed by atoms with van der Waals surface area (Å²) in [6, 6.07) is 19.6. The number of carbonyl (C=O) groups is 2. The SMILES string of the molecule is CCC(CC)NC(=O)Nc1ccc(Oc2ccc(NC(=O)c3ccccc3)cc2C)c(OC)c1. The van der Waals surface area contributed by atoms with Gasteiger partial charge in [-0.05, 0) is 67.8 Å². The van der Waals surface area contributed by atoms with Gasteiger partial charge in [-0.3, -0.25) is 4.79 Å². The van der Waals surface area contributed by atoms with Crippen molar-refractivity contribution in [2.45, 2.75) is 39.7 Å². The second-order valence-corrected chi connectivity index (χ2v) is 7.88. The maximum Gasteiger partial charge on any atom is 0.319 e. The van der Waals surface area contributed by atoms with E-state index in [0.29, 0.717) is 34.2 Å². The fourth-order valence-electron chi connectivity index (χ4n) is 3.43. The summed E-state index contributed by atoms with van der Waals surface area (Å²) in [4.78, 5) is 24.6. The minimum Gasteiger partial charge on any atom is -0.493 e. The molecule has 178 valence electrons. The van der Waals surface area contributed by atoms with Gasteiger partial charge in [-0.25, -0.2) is 4.79 Å². The van der Waals surface area contributed by atoms with Crippen LogP contribution in [0.2, 0.25) is 0 Å². The number of amides is 3. The van der Waals surface area contributed by atoms with Crippen molar-refractivity contribution in [3.05, 3.63) is 77.9 Å². The first-order chi connectivity index (χ1) is 16.4. The van der Waals surface area contributed by atoms with Gasteiger partial charge in [0.2, 0.25) is 0 Å². The molecule has 0 spiro atoms. The highest BCUT2D eigenvalue weighted by Gasteiger charge is 2.13. The van der Waals surface area contributed by atoms with E-state index in [1.54, 1.807) is 49.6 Å². The predicted molar refractivity (Wildman–Crippen MR) is 135 cm³/mol. The molecule has 0 bridgehead atoms. The molecule has 7 heteroatoms. The quantitative estimate of drug-likeness (QED) is 0.346. The topological polar surface area (TPSA) is 88.7 Å². The summed E-state index contributed by atoms with van der Waals surface area (Å²) in [5, 5.41) is 8.67. The van der Waals surface area contributed by atoms with Gasteiger partial charge in [-0.2, -0.15) is 0 Å². The van der Waals surface area contributed by atoms with Crippen LogP contribution in [0.4, 0.5) is 16.2 Å². The zero-order valence-electron chi connectivity index (χ0n) is 20.0. The number of ether oxygens (including phenoxy) is 2. The van der Waals surface area contributed by atoms with Gasteiger partial charge in [-0.15, -0.1) is 0 Å². The first kappa shape index (κ1) is 24.6. The molecule has 0 aromatic heterocycles. The van der Waals surface area contributed by atoms with Crippen LogP contribution in [0.25, 0.3) is 0 Å². The highest BCUT2D eigenvalue weighted by molar-refractivity contribution is 6.04. The van der Waals surface area contributed by atoms with E-state index in [4.69, 9.17) is 9.47 Å². The number of carbonyl (C=O) groups excluding carboxylic acids is 2.